The van der Waals surface area contributed by atoms with E-state index in [0.29, 0.717) is 57.8 Å². The normalized spacial score (nSPS) is 16.5. The van der Waals surface area contributed by atoms with E-state index in [0.717, 1.165) is 11.3 Å². The highest BCUT2D eigenvalue weighted by Gasteiger charge is 2.32. The predicted molar refractivity (Wildman–Crippen MR) is 161 cm³/mol. The van der Waals surface area contributed by atoms with Crippen LogP contribution in [0.25, 0.3) is 0 Å². The van der Waals surface area contributed by atoms with E-state index in [9.17, 15) is 23.9 Å². The molecule has 1 atom stereocenters. The molecule has 1 saturated heterocycles. The van der Waals surface area contributed by atoms with E-state index in [1.54, 1.807) is 76.5 Å². The lowest BCUT2D eigenvalue weighted by Crippen LogP contribution is -2.48. The van der Waals surface area contributed by atoms with Crippen LogP contribution >= 0.6 is 11.6 Å². The highest BCUT2D eigenvalue weighted by molar-refractivity contribution is 7.85. The number of nitro groups is 1. The molecule has 6 rings (SSSR count). The first-order chi connectivity index (χ1) is 20.3. The van der Waals surface area contributed by atoms with Gasteiger partial charge >= 0.3 is 0 Å². The van der Waals surface area contributed by atoms with Crippen molar-refractivity contribution >= 4 is 51.3 Å². The average molecular weight is 601 g/mol. The van der Waals surface area contributed by atoms with Crippen molar-refractivity contribution < 1.29 is 18.7 Å². The van der Waals surface area contributed by atoms with Gasteiger partial charge in [0.2, 0.25) is 0 Å². The van der Waals surface area contributed by atoms with Gasteiger partial charge in [0.15, 0.2) is 0 Å². The Balaban J connectivity index is 1.28. The highest BCUT2D eigenvalue weighted by atomic mass is 35.5. The van der Waals surface area contributed by atoms with Crippen LogP contribution in [0.1, 0.15) is 26.3 Å². The minimum absolute atomic E-state index is 0.0309. The summed E-state index contributed by atoms with van der Waals surface area (Å²) in [6.07, 6.45) is 0. The first-order valence-corrected chi connectivity index (χ1v) is 14.8. The molecule has 0 bridgehead atoms. The molecule has 4 aromatic carbocycles. The highest BCUT2D eigenvalue weighted by Crippen LogP contribution is 2.36. The third-order valence-electron chi connectivity index (χ3n) is 7.51. The van der Waals surface area contributed by atoms with Crippen LogP contribution < -0.4 is 9.80 Å². The summed E-state index contributed by atoms with van der Waals surface area (Å²) in [4.78, 5) is 44.3. The van der Waals surface area contributed by atoms with Crippen molar-refractivity contribution in [3.05, 3.63) is 123 Å². The fraction of sp³-hybridized carbons (Fsp3) is 0.161. The second kappa shape index (κ2) is 11.4. The number of nitrogens with zero attached hydrogens (tertiary/aromatic N) is 4. The molecule has 4 aromatic rings. The largest absolute Gasteiger partial charge is 0.368 e. The lowest BCUT2D eigenvalue weighted by atomic mass is 10.1. The summed E-state index contributed by atoms with van der Waals surface area (Å²) >= 11 is 6.08. The van der Waals surface area contributed by atoms with Crippen LogP contribution in [0.3, 0.4) is 0 Å². The standard InChI is InChI=1S/C31H25ClN4O5S/c32-23-8-5-21(6-9-23)20-35-27-19-22(7-14-29(27)42(41)28-4-2-1-3-26(28)31(35)38)30(37)34-17-15-33(16-18-34)24-10-12-25(13-11-24)36(39)40/h1-14,19H,15-18,20H2/t42-/m1/s1. The molecular formula is C31H25ClN4O5S. The van der Waals surface area contributed by atoms with E-state index in [-0.39, 0.29) is 24.0 Å². The Morgan fingerprint density at radius 3 is 2.26 bits per heavy atom. The summed E-state index contributed by atoms with van der Waals surface area (Å²) in [5.41, 5.74) is 2.91. The fourth-order valence-corrected chi connectivity index (χ4v) is 6.73. The Labute approximate surface area is 249 Å². The lowest BCUT2D eigenvalue weighted by molar-refractivity contribution is -0.384. The number of carbonyl (C=O) groups excluding carboxylic acids is 2. The van der Waals surface area contributed by atoms with Gasteiger partial charge in [0.05, 0.1) is 43.3 Å². The van der Waals surface area contributed by atoms with E-state index in [1.165, 1.54) is 12.1 Å². The maximum atomic E-state index is 13.9. The van der Waals surface area contributed by atoms with Crippen LogP contribution in [0.15, 0.2) is 101 Å². The monoisotopic (exact) mass is 600 g/mol. The number of carbonyl (C=O) groups is 2. The van der Waals surface area contributed by atoms with Crippen LogP contribution in [-0.4, -0.2) is 52.0 Å². The third kappa shape index (κ3) is 5.26. The van der Waals surface area contributed by atoms with Gasteiger partial charge in [0.1, 0.15) is 0 Å². The number of amides is 2. The van der Waals surface area contributed by atoms with Crippen molar-refractivity contribution in [2.24, 2.45) is 0 Å². The summed E-state index contributed by atoms with van der Waals surface area (Å²) in [6, 6.07) is 25.4. The van der Waals surface area contributed by atoms with Crippen molar-refractivity contribution in [1.29, 1.82) is 0 Å². The molecule has 42 heavy (non-hydrogen) atoms. The smallest absolute Gasteiger partial charge is 0.269 e. The zero-order valence-corrected chi connectivity index (χ0v) is 23.9. The number of nitro benzene ring substituents is 1. The number of rotatable bonds is 5. The Kier molecular flexibility index (Phi) is 7.49. The van der Waals surface area contributed by atoms with Gasteiger partial charge in [-0.05, 0) is 60.2 Å². The van der Waals surface area contributed by atoms with E-state index in [2.05, 4.69) is 4.90 Å². The van der Waals surface area contributed by atoms with Crippen LogP contribution in [0.5, 0.6) is 0 Å². The van der Waals surface area contributed by atoms with Gasteiger partial charge in [-0.3, -0.25) is 19.7 Å². The Hall–Kier alpha value is -4.54. The van der Waals surface area contributed by atoms with E-state index in [4.69, 9.17) is 11.6 Å². The first-order valence-electron chi connectivity index (χ1n) is 13.3. The molecule has 2 heterocycles. The second-order valence-corrected chi connectivity index (χ2v) is 11.9. The summed E-state index contributed by atoms with van der Waals surface area (Å²) in [5.74, 6) is -0.485. The van der Waals surface area contributed by atoms with Crippen LogP contribution in [-0.2, 0) is 17.3 Å². The van der Waals surface area contributed by atoms with E-state index < -0.39 is 15.7 Å². The number of hydrogen-bond acceptors (Lipinski definition) is 6. The molecule has 1 fully saturated rings. The minimum atomic E-state index is -1.62. The maximum Gasteiger partial charge on any atom is 0.269 e. The Morgan fingerprint density at radius 2 is 1.57 bits per heavy atom. The second-order valence-electron chi connectivity index (χ2n) is 10.0. The maximum absolute atomic E-state index is 13.9. The number of hydrogen-bond donors (Lipinski definition) is 0. The molecule has 212 valence electrons. The topological polar surface area (TPSA) is 104 Å². The van der Waals surface area contributed by atoms with Gasteiger partial charge in [0, 0.05) is 54.6 Å². The summed E-state index contributed by atoms with van der Waals surface area (Å²) < 4.78 is 13.7. The number of halogens is 1. The summed E-state index contributed by atoms with van der Waals surface area (Å²) in [5, 5.41) is 11.5. The molecule has 9 nitrogen and oxygen atoms in total. The van der Waals surface area contributed by atoms with Crippen molar-refractivity contribution in [2.75, 3.05) is 36.0 Å². The molecule has 2 amide bonds. The van der Waals surface area contributed by atoms with Crippen LogP contribution in [0.2, 0.25) is 5.02 Å². The van der Waals surface area contributed by atoms with E-state index in [1.807, 2.05) is 12.1 Å². The molecule has 0 radical (unpaired) electrons. The average Bonchev–Trinajstić information content (AvgIpc) is 3.11. The molecule has 0 saturated carbocycles. The number of non-ortho nitro benzene ring substituents is 1. The lowest BCUT2D eigenvalue weighted by Gasteiger charge is -2.36. The van der Waals surface area contributed by atoms with Gasteiger partial charge in [-0.25, -0.2) is 4.21 Å². The molecule has 0 unspecified atom stereocenters. The van der Waals surface area contributed by atoms with Gasteiger partial charge in [0.25, 0.3) is 17.5 Å². The zero-order chi connectivity index (χ0) is 29.4. The van der Waals surface area contributed by atoms with Crippen LogP contribution in [0, 0.1) is 10.1 Å². The minimum Gasteiger partial charge on any atom is -0.368 e. The molecule has 11 heteroatoms. The summed E-state index contributed by atoms with van der Waals surface area (Å²) in [7, 11) is -1.62. The molecule has 2 aliphatic rings. The molecule has 0 N–H and O–H groups in total. The Bertz CT molecular complexity index is 1720. The number of piperazine rings is 1. The Morgan fingerprint density at radius 1 is 0.881 bits per heavy atom. The molecular weight excluding hydrogens is 576 g/mol. The van der Waals surface area contributed by atoms with Crippen molar-refractivity contribution in [3.63, 3.8) is 0 Å². The zero-order valence-electron chi connectivity index (χ0n) is 22.3. The first kappa shape index (κ1) is 27.6. The predicted octanol–water partition coefficient (Wildman–Crippen LogP) is 5.54. The number of anilines is 2. The number of fused-ring (bicyclic) bond motifs is 2. The van der Waals surface area contributed by atoms with Gasteiger partial charge in [-0.15, -0.1) is 0 Å². The third-order valence-corrected chi connectivity index (χ3v) is 9.26. The quantitative estimate of drug-likeness (QED) is 0.220. The van der Waals surface area contributed by atoms with Crippen molar-refractivity contribution in [2.45, 2.75) is 16.3 Å². The SMILES string of the molecule is O=C(c1ccc2c(c1)N(Cc1ccc(Cl)cc1)C(=O)c1ccccc1[S@]2=O)N1CCN(c2ccc([N+](=O)[O-])cc2)CC1. The van der Waals surface area contributed by atoms with Gasteiger partial charge < -0.3 is 14.7 Å². The fourth-order valence-electron chi connectivity index (χ4n) is 5.26. The number of benzene rings is 4. The summed E-state index contributed by atoms with van der Waals surface area (Å²) in [6.45, 7) is 2.25. The van der Waals surface area contributed by atoms with Gasteiger partial charge in [-0.2, -0.15) is 0 Å². The van der Waals surface area contributed by atoms with Crippen LogP contribution in [0.4, 0.5) is 17.1 Å². The van der Waals surface area contributed by atoms with Gasteiger partial charge in [-0.1, -0.05) is 35.9 Å². The molecule has 0 aliphatic carbocycles. The molecule has 2 aliphatic heterocycles. The van der Waals surface area contributed by atoms with Crippen molar-refractivity contribution in [3.8, 4) is 0 Å². The van der Waals surface area contributed by atoms with Crippen molar-refractivity contribution in [1.82, 2.24) is 4.90 Å². The molecule has 0 spiro atoms. The van der Waals surface area contributed by atoms with E-state index >= 15 is 0 Å². The molecule has 0 aromatic heterocycles.